The summed E-state index contributed by atoms with van der Waals surface area (Å²) in [5, 5.41) is 12.6. The van der Waals surface area contributed by atoms with Gasteiger partial charge >= 0.3 is 10.2 Å². The molecule has 6 nitrogen and oxygen atoms in total. The lowest BCUT2D eigenvalue weighted by Crippen LogP contribution is -2.48. The Hall–Kier alpha value is -1.14. The minimum atomic E-state index is -3.57. The van der Waals surface area contributed by atoms with Gasteiger partial charge in [-0.15, -0.1) is 11.3 Å². The molecule has 0 bridgehead atoms. The summed E-state index contributed by atoms with van der Waals surface area (Å²) in [7, 11) is -3.57. The average Bonchev–Trinajstić information content (AvgIpc) is 2.65. The largest absolute Gasteiger partial charge is 0.314 e. The van der Waals surface area contributed by atoms with Crippen molar-refractivity contribution in [3.05, 3.63) is 16.0 Å². The van der Waals surface area contributed by atoms with Crippen molar-refractivity contribution >= 4 is 26.5 Å². The highest BCUT2D eigenvalue weighted by atomic mass is 32.2. The van der Waals surface area contributed by atoms with Crippen molar-refractivity contribution in [3.8, 4) is 6.07 Å². The molecule has 0 saturated carbocycles. The number of hydrogen-bond donors (Lipinski definition) is 2. The van der Waals surface area contributed by atoms with E-state index in [9.17, 15) is 8.42 Å². The van der Waals surface area contributed by atoms with Crippen molar-refractivity contribution in [3.63, 3.8) is 0 Å². The first-order chi connectivity index (χ1) is 8.95. The third-order valence-corrected chi connectivity index (χ3v) is 5.89. The lowest BCUT2D eigenvalue weighted by molar-refractivity contribution is 0.362. The molecule has 1 fully saturated rings. The molecular formula is C11H16N4O2S2. The fraction of sp³-hybridized carbons (Fsp3) is 0.545. The highest BCUT2D eigenvalue weighted by molar-refractivity contribution is 7.90. The van der Waals surface area contributed by atoms with Crippen molar-refractivity contribution in [1.82, 2.24) is 9.62 Å². The molecule has 0 aliphatic carbocycles. The number of thiophene rings is 1. The number of piperazine rings is 1. The molecule has 19 heavy (non-hydrogen) atoms. The average molecular weight is 300 g/mol. The zero-order chi connectivity index (χ0) is 14.0. The van der Waals surface area contributed by atoms with E-state index in [0.717, 1.165) is 10.4 Å². The monoisotopic (exact) mass is 300 g/mol. The van der Waals surface area contributed by atoms with Gasteiger partial charge in [-0.25, -0.2) is 0 Å². The van der Waals surface area contributed by atoms with Crippen LogP contribution in [0.15, 0.2) is 0 Å². The van der Waals surface area contributed by atoms with Gasteiger partial charge in [0.1, 0.15) is 11.1 Å². The van der Waals surface area contributed by atoms with E-state index in [-0.39, 0.29) is 0 Å². The van der Waals surface area contributed by atoms with Gasteiger partial charge in [0.05, 0.1) is 5.56 Å². The predicted molar refractivity (Wildman–Crippen MR) is 75.5 cm³/mol. The third kappa shape index (κ3) is 2.90. The first-order valence-electron chi connectivity index (χ1n) is 5.94. The summed E-state index contributed by atoms with van der Waals surface area (Å²) in [6.45, 7) is 5.89. The number of rotatable bonds is 3. The van der Waals surface area contributed by atoms with Gasteiger partial charge in [-0.1, -0.05) is 0 Å². The van der Waals surface area contributed by atoms with Crippen molar-refractivity contribution < 1.29 is 8.42 Å². The quantitative estimate of drug-likeness (QED) is 0.864. The Bertz CT molecular complexity index is 609. The lowest BCUT2D eigenvalue weighted by atomic mass is 10.2. The van der Waals surface area contributed by atoms with Crippen LogP contribution in [0.2, 0.25) is 0 Å². The normalized spacial score (nSPS) is 17.1. The number of anilines is 1. The molecule has 2 heterocycles. The van der Waals surface area contributed by atoms with Crippen LogP contribution in [0.25, 0.3) is 0 Å². The van der Waals surface area contributed by atoms with Gasteiger partial charge in [0.2, 0.25) is 0 Å². The molecule has 0 atom stereocenters. The molecule has 1 saturated heterocycles. The first kappa shape index (κ1) is 14.3. The number of nitrogens with one attached hydrogen (secondary N) is 2. The van der Waals surface area contributed by atoms with Crippen LogP contribution in [0.5, 0.6) is 0 Å². The van der Waals surface area contributed by atoms with Crippen molar-refractivity contribution in [1.29, 1.82) is 5.26 Å². The molecule has 1 aliphatic rings. The number of nitriles is 1. The van der Waals surface area contributed by atoms with E-state index >= 15 is 0 Å². The minimum absolute atomic E-state index is 0.413. The molecule has 0 radical (unpaired) electrons. The first-order valence-corrected chi connectivity index (χ1v) is 8.20. The second-order valence-corrected chi connectivity index (χ2v) is 7.25. The summed E-state index contributed by atoms with van der Waals surface area (Å²) in [6.07, 6.45) is 0. The molecule has 1 aromatic heterocycles. The zero-order valence-corrected chi connectivity index (χ0v) is 12.5. The molecule has 1 aromatic rings. The van der Waals surface area contributed by atoms with Crippen LogP contribution in [-0.4, -0.2) is 38.9 Å². The molecule has 2 rings (SSSR count). The Kier molecular flexibility index (Phi) is 4.10. The van der Waals surface area contributed by atoms with Crippen molar-refractivity contribution in [2.45, 2.75) is 13.8 Å². The standard InChI is InChI=1S/C11H16N4O2S2/c1-8-9(2)18-11(10(8)7-12)14-19(16,17)15-5-3-13-4-6-15/h13-14H,3-6H2,1-2H3. The van der Waals surface area contributed by atoms with Crippen LogP contribution in [-0.2, 0) is 10.2 Å². The SMILES string of the molecule is Cc1sc(NS(=O)(=O)N2CCNCC2)c(C#N)c1C. The second-order valence-electron chi connectivity index (χ2n) is 4.36. The number of aryl methyl sites for hydroxylation is 1. The van der Waals surface area contributed by atoms with Crippen LogP contribution in [0.1, 0.15) is 16.0 Å². The van der Waals surface area contributed by atoms with E-state index in [0.29, 0.717) is 36.7 Å². The Morgan fingerprint density at radius 1 is 1.37 bits per heavy atom. The molecule has 0 spiro atoms. The number of hydrogen-bond acceptors (Lipinski definition) is 5. The van der Waals surface area contributed by atoms with E-state index in [1.807, 2.05) is 13.8 Å². The molecule has 8 heteroatoms. The third-order valence-electron chi connectivity index (χ3n) is 3.13. The van der Waals surface area contributed by atoms with Gasteiger partial charge in [0.25, 0.3) is 0 Å². The lowest BCUT2D eigenvalue weighted by Gasteiger charge is -2.26. The minimum Gasteiger partial charge on any atom is -0.314 e. The fourth-order valence-corrected chi connectivity index (χ4v) is 4.37. The summed E-state index contributed by atoms with van der Waals surface area (Å²) < 4.78 is 28.4. The highest BCUT2D eigenvalue weighted by Crippen LogP contribution is 2.32. The molecule has 0 unspecified atom stereocenters. The molecule has 1 aliphatic heterocycles. The van der Waals surface area contributed by atoms with Gasteiger partial charge in [0.15, 0.2) is 0 Å². The predicted octanol–water partition coefficient (Wildman–Crippen LogP) is 0.799. The van der Waals surface area contributed by atoms with E-state index in [2.05, 4.69) is 16.1 Å². The van der Waals surface area contributed by atoms with E-state index in [1.54, 1.807) is 0 Å². The van der Waals surface area contributed by atoms with Crippen LogP contribution in [0.3, 0.4) is 0 Å². The maximum Gasteiger partial charge on any atom is 0.302 e. The summed E-state index contributed by atoms with van der Waals surface area (Å²) >= 11 is 1.30. The summed E-state index contributed by atoms with van der Waals surface area (Å²) in [5.74, 6) is 0. The summed E-state index contributed by atoms with van der Waals surface area (Å²) in [4.78, 5) is 0.953. The summed E-state index contributed by atoms with van der Waals surface area (Å²) in [5.41, 5.74) is 1.26. The van der Waals surface area contributed by atoms with Crippen LogP contribution >= 0.6 is 11.3 Å². The molecular weight excluding hydrogens is 284 g/mol. The zero-order valence-electron chi connectivity index (χ0n) is 10.9. The Balaban J connectivity index is 2.25. The number of nitrogens with zero attached hydrogens (tertiary/aromatic N) is 2. The molecule has 104 valence electrons. The van der Waals surface area contributed by atoms with Crippen LogP contribution in [0.4, 0.5) is 5.00 Å². The molecule has 2 N–H and O–H groups in total. The van der Waals surface area contributed by atoms with Crippen LogP contribution in [0, 0.1) is 25.2 Å². The Labute approximate surface area is 117 Å². The van der Waals surface area contributed by atoms with Gasteiger partial charge in [-0.3, -0.25) is 4.72 Å². The van der Waals surface area contributed by atoms with Gasteiger partial charge < -0.3 is 5.32 Å². The Morgan fingerprint density at radius 3 is 2.58 bits per heavy atom. The fourth-order valence-electron chi connectivity index (χ4n) is 1.90. The topological polar surface area (TPSA) is 85.2 Å². The van der Waals surface area contributed by atoms with Gasteiger partial charge in [0, 0.05) is 31.1 Å². The maximum absolute atomic E-state index is 12.2. The van der Waals surface area contributed by atoms with Gasteiger partial charge in [-0.2, -0.15) is 18.0 Å². The van der Waals surface area contributed by atoms with E-state index in [1.165, 1.54) is 15.6 Å². The van der Waals surface area contributed by atoms with E-state index in [4.69, 9.17) is 5.26 Å². The smallest absolute Gasteiger partial charge is 0.302 e. The van der Waals surface area contributed by atoms with Crippen LogP contribution < -0.4 is 10.0 Å². The second kappa shape index (κ2) is 5.46. The maximum atomic E-state index is 12.2. The summed E-state index contributed by atoms with van der Waals surface area (Å²) in [6, 6.07) is 2.06. The molecule has 0 aromatic carbocycles. The molecule has 0 amide bonds. The van der Waals surface area contributed by atoms with Crippen molar-refractivity contribution in [2.24, 2.45) is 0 Å². The van der Waals surface area contributed by atoms with Crippen molar-refractivity contribution in [2.75, 3.05) is 30.9 Å². The highest BCUT2D eigenvalue weighted by Gasteiger charge is 2.26. The van der Waals surface area contributed by atoms with Gasteiger partial charge in [-0.05, 0) is 19.4 Å². The van der Waals surface area contributed by atoms with E-state index < -0.39 is 10.2 Å². The Morgan fingerprint density at radius 2 is 2.00 bits per heavy atom.